The molecule has 39 heavy (non-hydrogen) atoms. The van der Waals surface area contributed by atoms with Crippen LogP contribution in [0.1, 0.15) is 134 Å². The Morgan fingerprint density at radius 2 is 1.10 bits per heavy atom. The highest BCUT2D eigenvalue weighted by atomic mass is 15.1. The molecular formula is C37H61N2+. The highest BCUT2D eigenvalue weighted by molar-refractivity contribution is 5.55. The average molecular weight is 534 g/mol. The molecule has 2 heteroatoms. The van der Waals surface area contributed by atoms with Crippen LogP contribution in [0.3, 0.4) is 0 Å². The Hall–Kier alpha value is -2.09. The van der Waals surface area contributed by atoms with E-state index in [2.05, 4.69) is 97.5 Å². The Bertz CT molecular complexity index is 824. The first-order valence-corrected chi connectivity index (χ1v) is 16.6. The van der Waals surface area contributed by atoms with Crippen LogP contribution < -0.4 is 9.47 Å². The summed E-state index contributed by atoms with van der Waals surface area (Å²) in [5.41, 5.74) is 2.58. The van der Waals surface area contributed by atoms with Crippen LogP contribution in [0, 0.1) is 5.92 Å². The van der Waals surface area contributed by atoms with Gasteiger partial charge in [0.25, 0.3) is 0 Å². The molecule has 0 amide bonds. The Morgan fingerprint density at radius 3 is 1.62 bits per heavy atom. The van der Waals surface area contributed by atoms with E-state index in [9.17, 15) is 0 Å². The third kappa shape index (κ3) is 17.3. The molecule has 0 N–H and O–H groups in total. The summed E-state index contributed by atoms with van der Waals surface area (Å²) in [6.07, 6.45) is 36.0. The molecule has 1 aromatic heterocycles. The maximum atomic E-state index is 2.49. The second kappa shape index (κ2) is 22.7. The van der Waals surface area contributed by atoms with E-state index in [0.717, 1.165) is 6.54 Å². The molecule has 218 valence electrons. The van der Waals surface area contributed by atoms with Gasteiger partial charge in [-0.15, -0.1) is 0 Å². The Morgan fingerprint density at radius 1 is 0.615 bits per heavy atom. The van der Waals surface area contributed by atoms with E-state index < -0.39 is 0 Å². The van der Waals surface area contributed by atoms with Gasteiger partial charge in [0.2, 0.25) is 0 Å². The lowest BCUT2D eigenvalue weighted by Crippen LogP contribution is -2.32. The quantitative estimate of drug-likeness (QED) is 0.0961. The maximum absolute atomic E-state index is 2.49. The van der Waals surface area contributed by atoms with E-state index in [0.29, 0.717) is 5.92 Å². The van der Waals surface area contributed by atoms with Crippen molar-refractivity contribution in [1.82, 2.24) is 0 Å². The molecular weight excluding hydrogens is 472 g/mol. The van der Waals surface area contributed by atoms with E-state index in [1.165, 1.54) is 133 Å². The van der Waals surface area contributed by atoms with Gasteiger partial charge in [0.05, 0.1) is 0 Å². The van der Waals surface area contributed by atoms with E-state index in [4.69, 9.17) is 0 Å². The minimum Gasteiger partial charge on any atom is -0.378 e. The van der Waals surface area contributed by atoms with Gasteiger partial charge in [-0.25, -0.2) is 4.57 Å². The fourth-order valence-electron chi connectivity index (χ4n) is 5.54. The summed E-state index contributed by atoms with van der Waals surface area (Å²) in [7, 11) is 4.20. The van der Waals surface area contributed by atoms with Crippen molar-refractivity contribution in [3.05, 3.63) is 66.5 Å². The zero-order valence-electron chi connectivity index (χ0n) is 26.0. The molecule has 2 rings (SSSR count). The monoisotopic (exact) mass is 533 g/mol. The molecule has 0 saturated carbocycles. The molecule has 1 heterocycles. The summed E-state index contributed by atoms with van der Waals surface area (Å²) >= 11 is 0. The van der Waals surface area contributed by atoms with Crippen molar-refractivity contribution in [2.75, 3.05) is 19.0 Å². The van der Waals surface area contributed by atoms with Gasteiger partial charge in [-0.1, -0.05) is 140 Å². The van der Waals surface area contributed by atoms with Gasteiger partial charge >= 0.3 is 0 Å². The number of aryl methyl sites for hydroxylation is 1. The van der Waals surface area contributed by atoms with Gasteiger partial charge in [-0.05, 0) is 36.5 Å². The summed E-state index contributed by atoms with van der Waals surface area (Å²) in [5, 5.41) is 0. The Labute approximate surface area is 242 Å². The van der Waals surface area contributed by atoms with Crippen LogP contribution in [0.5, 0.6) is 0 Å². The van der Waals surface area contributed by atoms with Crippen molar-refractivity contribution >= 4 is 11.8 Å². The first kappa shape index (κ1) is 33.1. The van der Waals surface area contributed by atoms with Crippen molar-refractivity contribution in [3.63, 3.8) is 0 Å². The molecule has 0 aliphatic carbocycles. The highest BCUT2D eigenvalue weighted by Gasteiger charge is 2.08. The summed E-state index contributed by atoms with van der Waals surface area (Å²) in [4.78, 5) is 2.16. The molecule has 0 radical (unpaired) electrons. The van der Waals surface area contributed by atoms with Crippen molar-refractivity contribution in [2.24, 2.45) is 5.92 Å². The molecule has 0 spiro atoms. The van der Waals surface area contributed by atoms with Crippen molar-refractivity contribution in [3.8, 4) is 0 Å². The summed E-state index contributed by atoms with van der Waals surface area (Å²) < 4.78 is 2.31. The maximum Gasteiger partial charge on any atom is 0.168 e. The van der Waals surface area contributed by atoms with Crippen molar-refractivity contribution in [1.29, 1.82) is 0 Å². The molecule has 2 aromatic rings. The van der Waals surface area contributed by atoms with Crippen LogP contribution in [-0.4, -0.2) is 14.1 Å². The molecule has 0 aliphatic heterocycles. The van der Waals surface area contributed by atoms with Gasteiger partial charge in [0, 0.05) is 38.3 Å². The third-order valence-corrected chi connectivity index (χ3v) is 8.17. The fraction of sp³-hybridized carbons (Fsp3) is 0.649. The first-order valence-electron chi connectivity index (χ1n) is 16.6. The standard InChI is InChI=1S/C37H61N2/c1-4-5-6-7-8-9-10-11-12-13-14-15-16-17-18-20-24-35(25-23-34-39-32-21-19-22-33-39)26-27-36-28-30-37(31-29-36)38(2)3/h19,21-22,26-33,35H,4-18,20,23-25,34H2,1-3H3/q+1. The molecule has 1 unspecified atom stereocenters. The van der Waals surface area contributed by atoms with Gasteiger partial charge in [-0.3, -0.25) is 0 Å². The van der Waals surface area contributed by atoms with Crippen LogP contribution in [0.4, 0.5) is 5.69 Å². The van der Waals surface area contributed by atoms with E-state index >= 15 is 0 Å². The lowest BCUT2D eigenvalue weighted by Gasteiger charge is -2.13. The Kier molecular flexibility index (Phi) is 19.3. The van der Waals surface area contributed by atoms with Crippen LogP contribution in [0.15, 0.2) is 60.9 Å². The second-order valence-electron chi connectivity index (χ2n) is 12.0. The number of nitrogens with zero attached hydrogens (tertiary/aromatic N) is 2. The average Bonchev–Trinajstić information content (AvgIpc) is 2.96. The highest BCUT2D eigenvalue weighted by Crippen LogP contribution is 2.21. The summed E-state index contributed by atoms with van der Waals surface area (Å²) in [5.74, 6) is 0.675. The molecule has 1 aromatic carbocycles. The number of pyridine rings is 1. The number of rotatable bonds is 24. The van der Waals surface area contributed by atoms with Crippen LogP contribution in [-0.2, 0) is 6.54 Å². The van der Waals surface area contributed by atoms with Crippen molar-refractivity contribution < 1.29 is 4.57 Å². The minimum atomic E-state index is 0.675. The largest absolute Gasteiger partial charge is 0.378 e. The summed E-state index contributed by atoms with van der Waals surface area (Å²) in [6.45, 7) is 3.41. The van der Waals surface area contributed by atoms with Gasteiger partial charge in [0.15, 0.2) is 12.4 Å². The van der Waals surface area contributed by atoms with E-state index in [1.807, 2.05) is 0 Å². The normalized spacial score (nSPS) is 12.3. The number of hydrogen-bond acceptors (Lipinski definition) is 1. The zero-order chi connectivity index (χ0) is 27.8. The minimum absolute atomic E-state index is 0.675. The summed E-state index contributed by atoms with van der Waals surface area (Å²) in [6, 6.07) is 15.3. The molecule has 1 atom stereocenters. The second-order valence-corrected chi connectivity index (χ2v) is 12.0. The molecule has 2 nitrogen and oxygen atoms in total. The lowest BCUT2D eigenvalue weighted by molar-refractivity contribution is -0.697. The topological polar surface area (TPSA) is 7.12 Å². The lowest BCUT2D eigenvalue weighted by atomic mass is 9.94. The van der Waals surface area contributed by atoms with Gasteiger partial charge in [0.1, 0.15) is 6.54 Å². The smallest absolute Gasteiger partial charge is 0.168 e. The molecule has 0 saturated heterocycles. The number of benzene rings is 1. The number of hydrogen-bond donors (Lipinski definition) is 0. The first-order chi connectivity index (χ1) is 19.2. The molecule has 0 fully saturated rings. The van der Waals surface area contributed by atoms with Crippen LogP contribution >= 0.6 is 0 Å². The fourth-order valence-corrected chi connectivity index (χ4v) is 5.54. The predicted molar refractivity (Wildman–Crippen MR) is 173 cm³/mol. The zero-order valence-corrected chi connectivity index (χ0v) is 26.0. The van der Waals surface area contributed by atoms with Gasteiger partial charge < -0.3 is 4.90 Å². The number of allylic oxidation sites excluding steroid dienone is 1. The Balaban J connectivity index is 1.58. The van der Waals surface area contributed by atoms with E-state index in [-0.39, 0.29) is 0 Å². The molecule has 0 aliphatic rings. The van der Waals surface area contributed by atoms with Crippen LogP contribution in [0.25, 0.3) is 6.08 Å². The van der Waals surface area contributed by atoms with Crippen molar-refractivity contribution in [2.45, 2.75) is 135 Å². The molecule has 0 bridgehead atoms. The SMILES string of the molecule is CCCCCCCCCCCCCCCCCCC(C=Cc1ccc(N(C)C)cc1)CCC[n+]1ccccc1. The van der Waals surface area contributed by atoms with Gasteiger partial charge in [-0.2, -0.15) is 0 Å². The number of aromatic nitrogens is 1. The number of unbranched alkanes of at least 4 members (excludes halogenated alkanes) is 15. The van der Waals surface area contributed by atoms with E-state index in [1.54, 1.807) is 0 Å². The predicted octanol–water partition coefficient (Wildman–Crippen LogP) is 10.8. The number of anilines is 1. The van der Waals surface area contributed by atoms with Crippen LogP contribution in [0.2, 0.25) is 0 Å². The third-order valence-electron chi connectivity index (χ3n) is 8.17.